The summed E-state index contributed by atoms with van der Waals surface area (Å²) < 4.78 is 33.3. The van der Waals surface area contributed by atoms with Gasteiger partial charge in [-0.3, -0.25) is 9.11 Å². The number of pyridine rings is 1. The van der Waals surface area contributed by atoms with Crippen molar-refractivity contribution in [3.8, 4) is 0 Å². The first-order chi connectivity index (χ1) is 14.9. The van der Waals surface area contributed by atoms with Crippen molar-refractivity contribution in [2.45, 2.75) is 22.8 Å². The molecule has 1 aromatic heterocycles. The van der Waals surface area contributed by atoms with Crippen LogP contribution in [-0.4, -0.2) is 50.3 Å². The fourth-order valence-corrected chi connectivity index (χ4v) is 5.87. The van der Waals surface area contributed by atoms with E-state index < -0.39 is 21.8 Å². The fourth-order valence-electron chi connectivity index (χ4n) is 3.78. The zero-order chi connectivity index (χ0) is 22.0. The van der Waals surface area contributed by atoms with Crippen molar-refractivity contribution in [3.05, 3.63) is 54.1 Å². The van der Waals surface area contributed by atoms with Crippen molar-refractivity contribution in [1.29, 1.82) is 0 Å². The van der Waals surface area contributed by atoms with Crippen LogP contribution in [0.25, 0.3) is 10.9 Å². The van der Waals surface area contributed by atoms with E-state index in [-0.39, 0.29) is 5.75 Å². The average molecular weight is 461 g/mol. The van der Waals surface area contributed by atoms with Crippen molar-refractivity contribution in [3.63, 3.8) is 0 Å². The van der Waals surface area contributed by atoms with Crippen LogP contribution in [0.15, 0.2) is 58.3 Å². The third-order valence-corrected chi connectivity index (χ3v) is 8.22. The van der Waals surface area contributed by atoms with Crippen LogP contribution in [0.2, 0.25) is 0 Å². The van der Waals surface area contributed by atoms with Gasteiger partial charge in [-0.25, -0.2) is 4.98 Å². The summed E-state index contributed by atoms with van der Waals surface area (Å²) in [6.45, 7) is 2.34. The Balaban J connectivity index is 1.76. The van der Waals surface area contributed by atoms with Gasteiger partial charge in [-0.15, -0.1) is 0 Å². The van der Waals surface area contributed by atoms with Crippen LogP contribution < -0.4 is 16.0 Å². The lowest BCUT2D eigenvalue weighted by Crippen LogP contribution is -2.26. The van der Waals surface area contributed by atoms with Gasteiger partial charge >= 0.3 is 0 Å². The molecule has 31 heavy (non-hydrogen) atoms. The number of rotatable bonds is 6. The van der Waals surface area contributed by atoms with Gasteiger partial charge in [0.1, 0.15) is 12.1 Å². The van der Waals surface area contributed by atoms with Gasteiger partial charge in [-0.1, -0.05) is 18.2 Å². The van der Waals surface area contributed by atoms with Gasteiger partial charge in [-0.05, 0) is 47.9 Å². The molecule has 1 unspecified atom stereocenters. The number of nitrogens with two attached hydrogens (primary N) is 1. The minimum Gasteiger partial charge on any atom is -0.612 e. The Labute approximate surface area is 187 Å². The first kappa shape index (κ1) is 22.2. The lowest BCUT2D eigenvalue weighted by Gasteiger charge is -2.32. The average Bonchev–Trinajstić information content (AvgIpc) is 2.89. The van der Waals surface area contributed by atoms with Crippen LogP contribution in [-0.2, 0) is 17.7 Å². The Morgan fingerprint density at radius 2 is 2.03 bits per heavy atom. The molecule has 0 aliphatic carbocycles. The SMILES string of the molecule is C[S+]([O-])c1ccc2nc(N3CCS(O)(O)c4ccccc4C3)cc(NCCCN)c2c1. The van der Waals surface area contributed by atoms with Gasteiger partial charge in [-0.2, -0.15) is 10.6 Å². The van der Waals surface area contributed by atoms with E-state index >= 15 is 0 Å². The molecule has 0 amide bonds. The van der Waals surface area contributed by atoms with E-state index in [4.69, 9.17) is 10.7 Å². The molecule has 1 aliphatic heterocycles. The molecule has 4 rings (SSSR count). The van der Waals surface area contributed by atoms with Crippen LogP contribution in [0.5, 0.6) is 0 Å². The molecule has 2 aromatic carbocycles. The monoisotopic (exact) mass is 460 g/mol. The summed E-state index contributed by atoms with van der Waals surface area (Å²) in [5.74, 6) is 1.02. The minimum atomic E-state index is -2.84. The number of fused-ring (bicyclic) bond motifs is 2. The van der Waals surface area contributed by atoms with Crippen molar-refractivity contribution >= 4 is 44.2 Å². The minimum absolute atomic E-state index is 0.257. The fraction of sp³-hybridized carbons (Fsp3) is 0.318. The molecule has 0 radical (unpaired) electrons. The van der Waals surface area contributed by atoms with Crippen molar-refractivity contribution in [2.24, 2.45) is 5.73 Å². The number of anilines is 2. The van der Waals surface area contributed by atoms with E-state index in [0.29, 0.717) is 24.5 Å². The number of hydrogen-bond donors (Lipinski definition) is 4. The highest BCUT2D eigenvalue weighted by molar-refractivity contribution is 8.24. The second kappa shape index (κ2) is 9.23. The molecule has 7 nitrogen and oxygen atoms in total. The Hall–Kier alpha value is -2.01. The maximum Gasteiger partial charge on any atom is 0.153 e. The van der Waals surface area contributed by atoms with Gasteiger partial charge in [0.25, 0.3) is 0 Å². The normalized spacial score (nSPS) is 17.6. The van der Waals surface area contributed by atoms with E-state index in [9.17, 15) is 13.7 Å². The number of nitrogens with zero attached hydrogens (tertiary/aromatic N) is 2. The first-order valence-corrected chi connectivity index (χ1v) is 13.5. The maximum absolute atomic E-state index is 12.0. The molecule has 0 spiro atoms. The van der Waals surface area contributed by atoms with Crippen LogP contribution in [0.3, 0.4) is 0 Å². The number of nitrogens with one attached hydrogen (secondary N) is 1. The number of hydrogen-bond acceptors (Lipinski definition) is 7. The van der Waals surface area contributed by atoms with E-state index in [1.807, 2.05) is 42.5 Å². The topological polar surface area (TPSA) is 118 Å². The molecule has 0 saturated heterocycles. The Morgan fingerprint density at radius 3 is 2.81 bits per heavy atom. The van der Waals surface area contributed by atoms with Gasteiger partial charge in [0.05, 0.1) is 16.2 Å². The van der Waals surface area contributed by atoms with E-state index in [1.165, 1.54) is 0 Å². The van der Waals surface area contributed by atoms with Gasteiger partial charge < -0.3 is 20.5 Å². The standard InChI is InChI=1S/C22H28N4O3S2/c1-30(27)17-7-8-19-18(13-17)20(24-10-4-9-23)14-22(25-19)26-11-12-31(28,29)21-6-3-2-5-16(21)15-26/h2-3,5-8,13-14,28-29H,4,9-12,15,23H2,1H3,(H,24,25). The zero-order valence-corrected chi connectivity index (χ0v) is 19.1. The van der Waals surface area contributed by atoms with E-state index in [2.05, 4.69) is 10.2 Å². The predicted molar refractivity (Wildman–Crippen MR) is 130 cm³/mol. The molecule has 0 saturated carbocycles. The zero-order valence-electron chi connectivity index (χ0n) is 17.5. The van der Waals surface area contributed by atoms with Crippen molar-refractivity contribution in [2.75, 3.05) is 41.9 Å². The molecule has 9 heteroatoms. The molecule has 2 heterocycles. The van der Waals surface area contributed by atoms with Crippen LogP contribution in [0.4, 0.5) is 11.5 Å². The van der Waals surface area contributed by atoms with Crippen LogP contribution in [0.1, 0.15) is 12.0 Å². The summed E-state index contributed by atoms with van der Waals surface area (Å²) in [6.07, 6.45) is 2.49. The quantitative estimate of drug-likeness (QED) is 0.326. The lowest BCUT2D eigenvalue weighted by molar-refractivity contribution is 0.488. The van der Waals surface area contributed by atoms with Crippen LogP contribution >= 0.6 is 10.6 Å². The third-order valence-electron chi connectivity index (χ3n) is 5.45. The second-order valence-corrected chi connectivity index (χ2v) is 11.2. The van der Waals surface area contributed by atoms with E-state index in [1.54, 1.807) is 12.3 Å². The van der Waals surface area contributed by atoms with Crippen molar-refractivity contribution in [1.82, 2.24) is 4.98 Å². The Kier molecular flexibility index (Phi) is 6.61. The Morgan fingerprint density at radius 1 is 1.23 bits per heavy atom. The molecular formula is C22H28N4O3S2. The number of benzene rings is 2. The summed E-state index contributed by atoms with van der Waals surface area (Å²) in [6, 6.07) is 15.1. The summed E-state index contributed by atoms with van der Waals surface area (Å²) >= 11 is -1.08. The highest BCUT2D eigenvalue weighted by Gasteiger charge is 2.26. The summed E-state index contributed by atoms with van der Waals surface area (Å²) in [5.41, 5.74) is 8.26. The smallest absolute Gasteiger partial charge is 0.153 e. The molecule has 166 valence electrons. The maximum atomic E-state index is 12.0. The first-order valence-electron chi connectivity index (χ1n) is 10.2. The molecule has 0 fully saturated rings. The van der Waals surface area contributed by atoms with Gasteiger partial charge in [0, 0.05) is 42.8 Å². The second-order valence-electron chi connectivity index (χ2n) is 7.63. The molecular weight excluding hydrogens is 432 g/mol. The molecule has 1 aliphatic rings. The van der Waals surface area contributed by atoms with Crippen LogP contribution in [0, 0.1) is 0 Å². The van der Waals surface area contributed by atoms with Gasteiger partial charge in [0.2, 0.25) is 0 Å². The Bertz CT molecular complexity index is 1080. The summed E-state index contributed by atoms with van der Waals surface area (Å²) in [5, 5.41) is 4.36. The predicted octanol–water partition coefficient (Wildman–Crippen LogP) is 3.86. The largest absolute Gasteiger partial charge is 0.612 e. The van der Waals surface area contributed by atoms with E-state index in [0.717, 1.165) is 45.8 Å². The van der Waals surface area contributed by atoms with Gasteiger partial charge in [0.15, 0.2) is 4.90 Å². The summed E-state index contributed by atoms with van der Waals surface area (Å²) in [4.78, 5) is 8.31. The summed E-state index contributed by atoms with van der Waals surface area (Å²) in [7, 11) is -2.84. The molecule has 1 atom stereocenters. The lowest BCUT2D eigenvalue weighted by atomic mass is 10.1. The number of aromatic nitrogens is 1. The van der Waals surface area contributed by atoms with Crippen molar-refractivity contribution < 1.29 is 13.7 Å². The highest BCUT2D eigenvalue weighted by atomic mass is 32.3. The third kappa shape index (κ3) is 4.77. The highest BCUT2D eigenvalue weighted by Crippen LogP contribution is 2.51. The molecule has 5 N–H and O–H groups in total. The molecule has 0 bridgehead atoms. The molecule has 3 aromatic rings.